The second-order valence-corrected chi connectivity index (χ2v) is 4.19. The summed E-state index contributed by atoms with van der Waals surface area (Å²) in [5.41, 5.74) is 9.70. The fourth-order valence-corrected chi connectivity index (χ4v) is 1.28. The molecule has 23 heavy (non-hydrogen) atoms. The van der Waals surface area contributed by atoms with Gasteiger partial charge in [-0.25, -0.2) is 14.4 Å². The zero-order chi connectivity index (χ0) is 18.3. The van der Waals surface area contributed by atoms with Gasteiger partial charge in [0.2, 0.25) is 0 Å². The lowest BCUT2D eigenvalue weighted by molar-refractivity contribution is 0.0846. The van der Waals surface area contributed by atoms with E-state index in [0.29, 0.717) is 19.6 Å². The van der Waals surface area contributed by atoms with Gasteiger partial charge in [-0.05, 0) is 0 Å². The SMILES string of the molecule is CC.CN(C)C(=O)OCCN(CCOC(N)=O)CCOC(N)=O. The summed E-state index contributed by atoms with van der Waals surface area (Å²) in [6, 6.07) is 0. The molecule has 0 aliphatic rings. The van der Waals surface area contributed by atoms with E-state index in [-0.39, 0.29) is 19.8 Å². The van der Waals surface area contributed by atoms with Crippen molar-refractivity contribution >= 4 is 18.3 Å². The van der Waals surface area contributed by atoms with Crippen molar-refractivity contribution in [3.63, 3.8) is 0 Å². The minimum Gasteiger partial charge on any atom is -0.448 e. The normalized spacial score (nSPS) is 9.43. The first-order valence-electron chi connectivity index (χ1n) is 7.23. The van der Waals surface area contributed by atoms with E-state index in [2.05, 4.69) is 9.47 Å². The highest BCUT2D eigenvalue weighted by molar-refractivity contribution is 5.66. The van der Waals surface area contributed by atoms with Gasteiger partial charge in [0.1, 0.15) is 19.8 Å². The quantitative estimate of drug-likeness (QED) is 0.574. The predicted molar refractivity (Wildman–Crippen MR) is 83.9 cm³/mol. The van der Waals surface area contributed by atoms with Crippen molar-refractivity contribution in [3.8, 4) is 0 Å². The summed E-state index contributed by atoms with van der Waals surface area (Å²) >= 11 is 0. The number of hydrogen-bond acceptors (Lipinski definition) is 7. The molecule has 0 aromatic carbocycles. The van der Waals surface area contributed by atoms with Crippen molar-refractivity contribution in [3.05, 3.63) is 0 Å². The highest BCUT2D eigenvalue weighted by atomic mass is 16.6. The molecule has 0 aliphatic heterocycles. The van der Waals surface area contributed by atoms with E-state index < -0.39 is 18.3 Å². The lowest BCUT2D eigenvalue weighted by Crippen LogP contribution is -2.36. The van der Waals surface area contributed by atoms with Crippen LogP contribution in [0.4, 0.5) is 14.4 Å². The molecule has 0 aromatic rings. The third-order valence-electron chi connectivity index (χ3n) is 2.30. The number of hydrogen-bond donors (Lipinski definition) is 2. The van der Waals surface area contributed by atoms with Gasteiger partial charge in [0.15, 0.2) is 0 Å². The number of ether oxygens (including phenoxy) is 3. The highest BCUT2D eigenvalue weighted by Crippen LogP contribution is 1.93. The molecule has 3 amide bonds. The highest BCUT2D eigenvalue weighted by Gasteiger charge is 2.10. The van der Waals surface area contributed by atoms with Crippen LogP contribution in [0.3, 0.4) is 0 Å². The van der Waals surface area contributed by atoms with Crippen LogP contribution in [0.2, 0.25) is 0 Å². The summed E-state index contributed by atoms with van der Waals surface area (Å²) in [6.07, 6.45) is -2.21. The second-order valence-electron chi connectivity index (χ2n) is 4.19. The topological polar surface area (TPSA) is 137 Å². The zero-order valence-corrected chi connectivity index (χ0v) is 14.2. The molecule has 0 radical (unpaired) electrons. The largest absolute Gasteiger partial charge is 0.448 e. The molecular weight excluding hydrogens is 308 g/mol. The van der Waals surface area contributed by atoms with Gasteiger partial charge in [0, 0.05) is 33.7 Å². The molecular formula is C13H28N4O6. The van der Waals surface area contributed by atoms with Crippen LogP contribution in [0.15, 0.2) is 0 Å². The Morgan fingerprint density at radius 2 is 1.13 bits per heavy atom. The Kier molecular flexibility index (Phi) is 14.7. The molecule has 0 heterocycles. The van der Waals surface area contributed by atoms with Crippen molar-refractivity contribution in [2.45, 2.75) is 13.8 Å². The van der Waals surface area contributed by atoms with E-state index in [1.807, 2.05) is 13.8 Å². The van der Waals surface area contributed by atoms with Gasteiger partial charge in [-0.15, -0.1) is 0 Å². The Balaban J connectivity index is 0. The maximum atomic E-state index is 11.2. The first-order valence-corrected chi connectivity index (χ1v) is 7.23. The van der Waals surface area contributed by atoms with Crippen LogP contribution in [0.25, 0.3) is 0 Å². The van der Waals surface area contributed by atoms with Crippen molar-refractivity contribution < 1.29 is 28.6 Å². The molecule has 0 unspecified atom stereocenters. The summed E-state index contributed by atoms with van der Waals surface area (Å²) < 4.78 is 14.2. The summed E-state index contributed by atoms with van der Waals surface area (Å²) in [5.74, 6) is 0. The van der Waals surface area contributed by atoms with E-state index >= 15 is 0 Å². The van der Waals surface area contributed by atoms with Gasteiger partial charge in [0.25, 0.3) is 0 Å². The van der Waals surface area contributed by atoms with Crippen LogP contribution in [0.5, 0.6) is 0 Å². The van der Waals surface area contributed by atoms with Crippen molar-refractivity contribution in [1.29, 1.82) is 0 Å². The maximum absolute atomic E-state index is 11.2. The Morgan fingerprint density at radius 1 is 0.783 bits per heavy atom. The molecule has 0 saturated heterocycles. The lowest BCUT2D eigenvalue weighted by Gasteiger charge is -2.21. The number of nitrogens with two attached hydrogens (primary N) is 2. The third kappa shape index (κ3) is 16.0. The predicted octanol–water partition coefficient (Wildman–Crippen LogP) is 0.203. The zero-order valence-electron chi connectivity index (χ0n) is 14.2. The summed E-state index contributed by atoms with van der Waals surface area (Å²) in [4.78, 5) is 35.3. The molecule has 0 rings (SSSR count). The van der Waals surface area contributed by atoms with Gasteiger partial charge in [-0.2, -0.15) is 0 Å². The molecule has 4 N–H and O–H groups in total. The molecule has 0 aliphatic carbocycles. The van der Waals surface area contributed by atoms with Gasteiger partial charge in [0.05, 0.1) is 0 Å². The Hall–Kier alpha value is -2.23. The second kappa shape index (κ2) is 14.7. The molecule has 0 bridgehead atoms. The molecule has 0 fully saturated rings. The van der Waals surface area contributed by atoms with E-state index in [9.17, 15) is 14.4 Å². The minimum atomic E-state index is -0.873. The first kappa shape index (κ1) is 23.0. The van der Waals surface area contributed by atoms with Gasteiger partial charge in [-0.1, -0.05) is 13.8 Å². The molecule has 10 nitrogen and oxygen atoms in total. The molecule has 0 spiro atoms. The van der Waals surface area contributed by atoms with E-state index in [1.54, 1.807) is 19.0 Å². The lowest BCUT2D eigenvalue weighted by atomic mass is 10.4. The average Bonchev–Trinajstić information content (AvgIpc) is 2.47. The van der Waals surface area contributed by atoms with E-state index in [0.717, 1.165) is 0 Å². The van der Waals surface area contributed by atoms with Crippen LogP contribution in [-0.2, 0) is 14.2 Å². The fraction of sp³-hybridized carbons (Fsp3) is 0.769. The van der Waals surface area contributed by atoms with E-state index in [4.69, 9.17) is 16.2 Å². The summed E-state index contributed by atoms with van der Waals surface area (Å²) in [5, 5.41) is 0. The number of primary amides is 2. The Morgan fingerprint density at radius 3 is 1.43 bits per heavy atom. The van der Waals surface area contributed by atoms with Gasteiger partial charge >= 0.3 is 18.3 Å². The van der Waals surface area contributed by atoms with Crippen LogP contribution in [0, 0.1) is 0 Å². The molecule has 0 saturated carbocycles. The summed E-state index contributed by atoms with van der Waals surface area (Å²) in [7, 11) is 3.14. The van der Waals surface area contributed by atoms with Crippen LogP contribution < -0.4 is 11.5 Å². The monoisotopic (exact) mass is 336 g/mol. The number of carbonyl (C=O) groups is 3. The number of carbonyl (C=O) groups excluding carboxylic acids is 3. The van der Waals surface area contributed by atoms with Crippen molar-refractivity contribution in [2.75, 3.05) is 53.6 Å². The van der Waals surface area contributed by atoms with Crippen molar-refractivity contribution in [2.24, 2.45) is 11.5 Å². The number of rotatable bonds is 9. The van der Waals surface area contributed by atoms with Crippen LogP contribution in [0.1, 0.15) is 13.8 Å². The summed E-state index contributed by atoms with van der Waals surface area (Å²) in [6.45, 7) is 5.38. The molecule has 10 heteroatoms. The number of amides is 3. The fourth-order valence-electron chi connectivity index (χ4n) is 1.28. The van der Waals surface area contributed by atoms with Crippen LogP contribution in [-0.4, -0.2) is 81.6 Å². The standard InChI is InChI=1S/C11H22N4O6.C2H6/c1-14(2)11(18)21-8-5-15(3-6-19-9(12)16)4-7-20-10(13)17;1-2/h3-8H2,1-2H3,(H2,12,16)(H2,13,17);1-2H3. The smallest absolute Gasteiger partial charge is 0.409 e. The maximum Gasteiger partial charge on any atom is 0.409 e. The first-order chi connectivity index (χ1) is 10.8. The van der Waals surface area contributed by atoms with Crippen LogP contribution >= 0.6 is 0 Å². The van der Waals surface area contributed by atoms with Gasteiger partial charge < -0.3 is 30.6 Å². The van der Waals surface area contributed by atoms with Gasteiger partial charge in [-0.3, -0.25) is 4.90 Å². The molecule has 0 atom stereocenters. The molecule has 136 valence electrons. The number of nitrogens with zero attached hydrogens (tertiary/aromatic N) is 2. The van der Waals surface area contributed by atoms with E-state index in [1.165, 1.54) is 4.90 Å². The molecule has 0 aromatic heterocycles. The Labute approximate surface area is 136 Å². The Bertz CT molecular complexity index is 331. The minimum absolute atomic E-state index is 0.0769. The van der Waals surface area contributed by atoms with Crippen molar-refractivity contribution in [1.82, 2.24) is 9.80 Å². The average molecular weight is 336 g/mol. The third-order valence-corrected chi connectivity index (χ3v) is 2.30.